The molecule has 1 atom stereocenters. The summed E-state index contributed by atoms with van der Waals surface area (Å²) in [6.07, 6.45) is -2.89. The van der Waals surface area contributed by atoms with Crippen molar-refractivity contribution in [2.24, 2.45) is 5.92 Å². The molecule has 156 valence electrons. The second-order valence-electron chi connectivity index (χ2n) is 6.99. The summed E-state index contributed by atoms with van der Waals surface area (Å²) in [5.74, 6) is -0.403. The third-order valence-corrected chi connectivity index (χ3v) is 5.07. The predicted octanol–water partition coefficient (Wildman–Crippen LogP) is 1.90. The average Bonchev–Trinajstić information content (AvgIpc) is 2.54. The molecular weight excluding hydrogens is 392 g/mol. The van der Waals surface area contributed by atoms with E-state index >= 15 is 0 Å². The van der Waals surface area contributed by atoms with Gasteiger partial charge < -0.3 is 15.5 Å². The minimum absolute atomic E-state index is 0. The highest BCUT2D eigenvalue weighted by Gasteiger charge is 2.44. The van der Waals surface area contributed by atoms with Gasteiger partial charge in [-0.1, -0.05) is 0 Å². The quantitative estimate of drug-likeness (QED) is 0.710. The molecule has 0 aromatic heterocycles. The highest BCUT2D eigenvalue weighted by atomic mass is 35.5. The van der Waals surface area contributed by atoms with Crippen molar-refractivity contribution in [2.75, 3.05) is 45.8 Å². The first-order valence-electron chi connectivity index (χ1n) is 8.82. The molecule has 2 fully saturated rings. The van der Waals surface area contributed by atoms with Crippen LogP contribution in [0.4, 0.5) is 13.2 Å². The number of carbonyl (C=O) groups excluding carboxylic acids is 1. The standard InChI is InChI=1S/C16H29F3N4O.2ClH/c1-12(2)22-7-3-13(4-8-22)15(24)21-11-14(16(17,18)19)23-9-5-20-6-10-23;;/h12-14,20H,3-11H2,1-2H3,(H,21,24);2*1H. The minimum Gasteiger partial charge on any atom is -0.354 e. The van der Waals surface area contributed by atoms with Crippen molar-refractivity contribution in [1.29, 1.82) is 0 Å². The van der Waals surface area contributed by atoms with Crippen LogP contribution in [-0.4, -0.2) is 79.8 Å². The van der Waals surface area contributed by atoms with E-state index in [1.54, 1.807) is 0 Å². The summed E-state index contributed by atoms with van der Waals surface area (Å²) in [6, 6.07) is -1.16. The molecule has 0 aromatic rings. The van der Waals surface area contributed by atoms with Gasteiger partial charge >= 0.3 is 6.18 Å². The normalized spacial score (nSPS) is 21.6. The smallest absolute Gasteiger partial charge is 0.354 e. The summed E-state index contributed by atoms with van der Waals surface area (Å²) in [5.41, 5.74) is 0. The predicted molar refractivity (Wildman–Crippen MR) is 101 cm³/mol. The Morgan fingerprint density at radius 3 is 2.08 bits per heavy atom. The topological polar surface area (TPSA) is 47.6 Å². The van der Waals surface area contributed by atoms with Gasteiger partial charge in [0.2, 0.25) is 5.91 Å². The lowest BCUT2D eigenvalue weighted by Gasteiger charge is -2.37. The molecule has 0 aliphatic carbocycles. The summed E-state index contributed by atoms with van der Waals surface area (Å²) < 4.78 is 40.0. The molecule has 10 heteroatoms. The van der Waals surface area contributed by atoms with Crippen LogP contribution in [0.5, 0.6) is 0 Å². The number of likely N-dealkylation sites (tertiary alicyclic amines) is 1. The zero-order valence-corrected chi connectivity index (χ0v) is 17.0. The fourth-order valence-corrected chi connectivity index (χ4v) is 3.47. The highest BCUT2D eigenvalue weighted by Crippen LogP contribution is 2.25. The van der Waals surface area contributed by atoms with Crippen LogP contribution in [-0.2, 0) is 4.79 Å². The number of alkyl halides is 3. The Labute approximate surface area is 166 Å². The van der Waals surface area contributed by atoms with Crippen molar-refractivity contribution in [2.45, 2.75) is 44.9 Å². The Balaban J connectivity index is 0.00000312. The van der Waals surface area contributed by atoms with Gasteiger partial charge in [-0.25, -0.2) is 0 Å². The van der Waals surface area contributed by atoms with Crippen molar-refractivity contribution in [3.8, 4) is 0 Å². The number of rotatable bonds is 5. The van der Waals surface area contributed by atoms with Crippen LogP contribution >= 0.6 is 24.8 Å². The second-order valence-corrected chi connectivity index (χ2v) is 6.99. The number of nitrogens with one attached hydrogen (secondary N) is 2. The second kappa shape index (κ2) is 11.5. The Bertz CT molecular complexity index is 413. The van der Waals surface area contributed by atoms with E-state index in [4.69, 9.17) is 0 Å². The Hall–Kier alpha value is -0.280. The average molecular weight is 423 g/mol. The number of nitrogens with zero attached hydrogens (tertiary/aromatic N) is 2. The van der Waals surface area contributed by atoms with Crippen LogP contribution in [0.2, 0.25) is 0 Å². The van der Waals surface area contributed by atoms with Crippen molar-refractivity contribution in [3.63, 3.8) is 0 Å². The third kappa shape index (κ3) is 7.38. The van der Waals surface area contributed by atoms with Gasteiger partial charge in [-0.2, -0.15) is 13.2 Å². The molecule has 1 amide bonds. The molecule has 26 heavy (non-hydrogen) atoms. The summed E-state index contributed by atoms with van der Waals surface area (Å²) in [4.78, 5) is 16.0. The fourth-order valence-electron chi connectivity index (χ4n) is 3.47. The van der Waals surface area contributed by atoms with Gasteiger partial charge in [0.05, 0.1) is 0 Å². The van der Waals surface area contributed by atoms with Gasteiger partial charge in [-0.15, -0.1) is 24.8 Å². The number of hydrogen-bond acceptors (Lipinski definition) is 4. The SMILES string of the molecule is CC(C)N1CCC(C(=O)NCC(N2CCNCC2)C(F)(F)F)CC1.Cl.Cl. The molecule has 2 aliphatic rings. The molecule has 0 bridgehead atoms. The summed E-state index contributed by atoms with van der Waals surface area (Å²) >= 11 is 0. The number of carbonyl (C=O) groups is 1. The van der Waals surface area contributed by atoms with Crippen molar-refractivity contribution in [1.82, 2.24) is 20.4 Å². The van der Waals surface area contributed by atoms with Gasteiger partial charge in [0.15, 0.2) is 0 Å². The Kier molecular flexibility index (Phi) is 11.4. The van der Waals surface area contributed by atoms with E-state index in [2.05, 4.69) is 29.4 Å². The number of piperidine rings is 1. The molecule has 2 rings (SSSR count). The van der Waals surface area contributed by atoms with Crippen LogP contribution in [0.25, 0.3) is 0 Å². The molecule has 0 radical (unpaired) electrons. The van der Waals surface area contributed by atoms with Crippen molar-refractivity contribution < 1.29 is 18.0 Å². The maximum absolute atomic E-state index is 13.3. The van der Waals surface area contributed by atoms with Gasteiger partial charge in [-0.3, -0.25) is 9.69 Å². The molecule has 2 heterocycles. The van der Waals surface area contributed by atoms with Crippen molar-refractivity contribution >= 4 is 30.7 Å². The largest absolute Gasteiger partial charge is 0.405 e. The van der Waals surface area contributed by atoms with Crippen molar-refractivity contribution in [3.05, 3.63) is 0 Å². The van der Waals surface area contributed by atoms with E-state index in [0.29, 0.717) is 45.1 Å². The van der Waals surface area contributed by atoms with E-state index in [1.807, 2.05) is 0 Å². The molecular formula is C16H31Cl2F3N4O. The van der Waals surface area contributed by atoms with E-state index in [0.717, 1.165) is 13.1 Å². The van der Waals surface area contributed by atoms with Crippen LogP contribution in [0.1, 0.15) is 26.7 Å². The Morgan fingerprint density at radius 2 is 1.62 bits per heavy atom. The first kappa shape index (κ1) is 25.7. The first-order chi connectivity index (χ1) is 11.3. The van der Waals surface area contributed by atoms with Crippen LogP contribution in [0.3, 0.4) is 0 Å². The molecule has 1 unspecified atom stereocenters. The zero-order chi connectivity index (χ0) is 17.7. The fraction of sp³-hybridized carbons (Fsp3) is 0.938. The van der Waals surface area contributed by atoms with E-state index in [-0.39, 0.29) is 43.2 Å². The molecule has 5 nitrogen and oxygen atoms in total. The zero-order valence-electron chi connectivity index (χ0n) is 15.3. The van der Waals surface area contributed by atoms with Crippen LogP contribution in [0.15, 0.2) is 0 Å². The lowest BCUT2D eigenvalue weighted by Crippen LogP contribution is -2.58. The lowest BCUT2D eigenvalue weighted by molar-refractivity contribution is -0.184. The molecule has 0 spiro atoms. The van der Waals surface area contributed by atoms with E-state index in [1.165, 1.54) is 4.90 Å². The number of piperazine rings is 1. The number of halogens is 5. The maximum atomic E-state index is 13.3. The number of amides is 1. The first-order valence-corrected chi connectivity index (χ1v) is 8.82. The molecule has 0 saturated carbocycles. The van der Waals surface area contributed by atoms with Gasteiger partial charge in [-0.05, 0) is 39.8 Å². The molecule has 0 aromatic carbocycles. The monoisotopic (exact) mass is 422 g/mol. The minimum atomic E-state index is -4.33. The van der Waals surface area contributed by atoms with E-state index < -0.39 is 12.2 Å². The Morgan fingerprint density at radius 1 is 1.08 bits per heavy atom. The van der Waals surface area contributed by atoms with Crippen LogP contribution < -0.4 is 10.6 Å². The van der Waals surface area contributed by atoms with Gasteiger partial charge in [0.25, 0.3) is 0 Å². The molecule has 2 aliphatic heterocycles. The lowest BCUT2D eigenvalue weighted by atomic mass is 9.95. The highest BCUT2D eigenvalue weighted by molar-refractivity contribution is 5.85. The maximum Gasteiger partial charge on any atom is 0.405 e. The third-order valence-electron chi connectivity index (χ3n) is 5.07. The molecule has 2 N–H and O–H groups in total. The summed E-state index contributed by atoms with van der Waals surface area (Å²) in [6.45, 7) is 7.34. The van der Waals surface area contributed by atoms with Crippen LogP contribution in [0, 0.1) is 5.92 Å². The number of hydrogen-bond donors (Lipinski definition) is 2. The summed E-state index contributed by atoms with van der Waals surface area (Å²) in [7, 11) is 0. The summed E-state index contributed by atoms with van der Waals surface area (Å²) in [5, 5.41) is 5.61. The van der Waals surface area contributed by atoms with Gasteiger partial charge in [0.1, 0.15) is 6.04 Å². The van der Waals surface area contributed by atoms with E-state index in [9.17, 15) is 18.0 Å². The molecule has 2 saturated heterocycles. The van der Waals surface area contributed by atoms with Gasteiger partial charge in [0, 0.05) is 44.7 Å².